The quantitative estimate of drug-likeness (QED) is 0.915. The average Bonchev–Trinajstić information content (AvgIpc) is 2.38. The number of ether oxygens (including phenoxy) is 1. The van der Waals surface area contributed by atoms with Gasteiger partial charge < -0.3 is 10.1 Å². The molecule has 1 aromatic heterocycles. The second kappa shape index (κ2) is 6.52. The van der Waals surface area contributed by atoms with Crippen LogP contribution in [-0.4, -0.2) is 27.6 Å². The van der Waals surface area contributed by atoms with Gasteiger partial charge in [-0.2, -0.15) is 15.0 Å². The van der Waals surface area contributed by atoms with Gasteiger partial charge in [0.2, 0.25) is 5.95 Å². The highest BCUT2D eigenvalue weighted by Crippen LogP contribution is 2.21. The summed E-state index contributed by atoms with van der Waals surface area (Å²) in [6, 6.07) is 7.66. The Morgan fingerprint density at radius 1 is 1.15 bits per heavy atom. The number of hydrogen-bond acceptors (Lipinski definition) is 5. The zero-order valence-corrected chi connectivity index (χ0v) is 12.5. The van der Waals surface area contributed by atoms with Crippen LogP contribution in [-0.2, 0) is 0 Å². The van der Waals surface area contributed by atoms with Crippen molar-refractivity contribution in [1.82, 2.24) is 15.0 Å². The number of rotatable bonds is 5. The Balaban J connectivity index is 2.40. The smallest absolute Gasteiger partial charge is 0.322 e. The van der Waals surface area contributed by atoms with Gasteiger partial charge in [0.05, 0.1) is 6.10 Å². The highest BCUT2D eigenvalue weighted by molar-refractivity contribution is 6.30. The summed E-state index contributed by atoms with van der Waals surface area (Å²) < 4.78 is 5.56. The van der Waals surface area contributed by atoms with Gasteiger partial charge in [-0.25, -0.2) is 0 Å². The van der Waals surface area contributed by atoms with Crippen molar-refractivity contribution in [3.8, 4) is 17.4 Å². The molecule has 2 rings (SSSR count). The minimum absolute atomic E-state index is 0.00458. The molecule has 0 aliphatic rings. The molecule has 1 aromatic carbocycles. The molecule has 20 heavy (non-hydrogen) atoms. The van der Waals surface area contributed by atoms with E-state index in [2.05, 4.69) is 20.3 Å². The fraction of sp³-hybridized carbons (Fsp3) is 0.357. The molecule has 0 aliphatic carbocycles. The summed E-state index contributed by atoms with van der Waals surface area (Å²) in [4.78, 5) is 12.9. The minimum atomic E-state index is 0.00458. The molecule has 0 fully saturated rings. The van der Waals surface area contributed by atoms with E-state index < -0.39 is 0 Å². The number of nitrogens with zero attached hydrogens (tertiary/aromatic N) is 3. The lowest BCUT2D eigenvalue weighted by molar-refractivity contribution is 0.222. The molecule has 5 nitrogen and oxygen atoms in total. The molecule has 0 unspecified atom stereocenters. The molecular formula is C14H17ClN4O. The van der Waals surface area contributed by atoms with Gasteiger partial charge in [0.25, 0.3) is 0 Å². The van der Waals surface area contributed by atoms with Gasteiger partial charge in [-0.3, -0.25) is 0 Å². The molecule has 0 saturated heterocycles. The lowest BCUT2D eigenvalue weighted by Gasteiger charge is -2.11. The summed E-state index contributed by atoms with van der Waals surface area (Å²) in [6.07, 6.45) is 0.00458. The maximum atomic E-state index is 5.89. The van der Waals surface area contributed by atoms with Crippen LogP contribution in [0.2, 0.25) is 5.02 Å². The van der Waals surface area contributed by atoms with Crippen LogP contribution >= 0.6 is 11.6 Å². The molecule has 6 heteroatoms. The third kappa shape index (κ3) is 3.81. The fourth-order valence-electron chi connectivity index (χ4n) is 1.59. The first-order valence-electron chi connectivity index (χ1n) is 6.51. The van der Waals surface area contributed by atoms with Crippen LogP contribution in [0.25, 0.3) is 11.4 Å². The summed E-state index contributed by atoms with van der Waals surface area (Å²) in [5.41, 5.74) is 0.865. The Labute approximate surface area is 123 Å². The molecule has 1 N–H and O–H groups in total. The molecular weight excluding hydrogens is 276 g/mol. The molecule has 0 aliphatic heterocycles. The van der Waals surface area contributed by atoms with E-state index in [1.807, 2.05) is 32.9 Å². The molecule has 0 bridgehead atoms. The highest BCUT2D eigenvalue weighted by Gasteiger charge is 2.10. The second-order valence-electron chi connectivity index (χ2n) is 4.47. The zero-order chi connectivity index (χ0) is 14.5. The van der Waals surface area contributed by atoms with Gasteiger partial charge in [-0.1, -0.05) is 11.6 Å². The number of nitrogens with one attached hydrogen (secondary N) is 1. The van der Waals surface area contributed by atoms with Crippen molar-refractivity contribution in [3.05, 3.63) is 29.3 Å². The van der Waals surface area contributed by atoms with E-state index in [0.29, 0.717) is 22.8 Å². The van der Waals surface area contributed by atoms with Crippen LogP contribution in [0.5, 0.6) is 6.01 Å². The summed E-state index contributed by atoms with van der Waals surface area (Å²) in [5, 5.41) is 3.75. The van der Waals surface area contributed by atoms with Crippen molar-refractivity contribution in [1.29, 1.82) is 0 Å². The van der Waals surface area contributed by atoms with Gasteiger partial charge >= 0.3 is 6.01 Å². The van der Waals surface area contributed by atoms with Crippen molar-refractivity contribution in [2.75, 3.05) is 11.9 Å². The van der Waals surface area contributed by atoms with Gasteiger partial charge in [0, 0.05) is 17.1 Å². The van der Waals surface area contributed by atoms with Crippen molar-refractivity contribution in [2.45, 2.75) is 26.9 Å². The summed E-state index contributed by atoms with van der Waals surface area (Å²) in [7, 11) is 0. The summed E-state index contributed by atoms with van der Waals surface area (Å²) in [5.74, 6) is 1.06. The number of aromatic nitrogens is 3. The standard InChI is InChI=1S/C14H17ClN4O/c1-4-16-13-17-12(10-5-7-11(15)8-6-10)18-14(19-13)20-9(2)3/h5-9H,4H2,1-3H3,(H,16,17,18,19). The Hall–Kier alpha value is -1.88. The van der Waals surface area contributed by atoms with Crippen molar-refractivity contribution in [2.24, 2.45) is 0 Å². The number of hydrogen-bond donors (Lipinski definition) is 1. The highest BCUT2D eigenvalue weighted by atomic mass is 35.5. The molecule has 0 spiro atoms. The zero-order valence-electron chi connectivity index (χ0n) is 11.7. The molecule has 0 saturated carbocycles. The van der Waals surface area contributed by atoms with Gasteiger partial charge in [0.15, 0.2) is 5.82 Å². The number of anilines is 1. The van der Waals surface area contributed by atoms with Crippen LogP contribution in [0.3, 0.4) is 0 Å². The van der Waals surface area contributed by atoms with Crippen molar-refractivity contribution >= 4 is 17.5 Å². The van der Waals surface area contributed by atoms with E-state index in [4.69, 9.17) is 16.3 Å². The third-order valence-electron chi connectivity index (χ3n) is 2.39. The van der Waals surface area contributed by atoms with Crippen LogP contribution < -0.4 is 10.1 Å². The SMILES string of the molecule is CCNc1nc(OC(C)C)nc(-c2ccc(Cl)cc2)n1. The van der Waals surface area contributed by atoms with Crippen LogP contribution in [0.1, 0.15) is 20.8 Å². The Morgan fingerprint density at radius 2 is 1.85 bits per heavy atom. The normalized spacial score (nSPS) is 10.7. The monoisotopic (exact) mass is 292 g/mol. The Kier molecular flexibility index (Phi) is 4.74. The van der Waals surface area contributed by atoms with Crippen LogP contribution in [0, 0.1) is 0 Å². The van der Waals surface area contributed by atoms with Crippen LogP contribution in [0.15, 0.2) is 24.3 Å². The van der Waals surface area contributed by atoms with Gasteiger partial charge in [-0.05, 0) is 45.0 Å². The first-order valence-corrected chi connectivity index (χ1v) is 6.89. The Bertz CT molecular complexity index is 572. The minimum Gasteiger partial charge on any atom is -0.461 e. The lowest BCUT2D eigenvalue weighted by Crippen LogP contribution is -2.12. The van der Waals surface area contributed by atoms with E-state index in [-0.39, 0.29) is 6.10 Å². The largest absolute Gasteiger partial charge is 0.461 e. The van der Waals surface area contributed by atoms with Gasteiger partial charge in [-0.15, -0.1) is 0 Å². The van der Waals surface area contributed by atoms with Crippen molar-refractivity contribution < 1.29 is 4.74 Å². The third-order valence-corrected chi connectivity index (χ3v) is 2.65. The van der Waals surface area contributed by atoms with E-state index in [1.54, 1.807) is 12.1 Å². The first kappa shape index (κ1) is 14.5. The van der Waals surface area contributed by atoms with Gasteiger partial charge in [0.1, 0.15) is 0 Å². The molecule has 0 radical (unpaired) electrons. The summed E-state index contributed by atoms with van der Waals surface area (Å²) >= 11 is 5.89. The molecule has 0 atom stereocenters. The summed E-state index contributed by atoms with van der Waals surface area (Å²) in [6.45, 7) is 6.57. The molecule has 106 valence electrons. The van der Waals surface area contributed by atoms with E-state index in [1.165, 1.54) is 0 Å². The van der Waals surface area contributed by atoms with E-state index in [9.17, 15) is 0 Å². The van der Waals surface area contributed by atoms with Crippen molar-refractivity contribution in [3.63, 3.8) is 0 Å². The second-order valence-corrected chi connectivity index (χ2v) is 4.91. The topological polar surface area (TPSA) is 59.9 Å². The predicted molar refractivity (Wildman–Crippen MR) is 80.2 cm³/mol. The van der Waals surface area contributed by atoms with E-state index >= 15 is 0 Å². The predicted octanol–water partition coefficient (Wildman–Crippen LogP) is 3.41. The average molecular weight is 293 g/mol. The number of halogens is 1. The molecule has 0 amide bonds. The number of benzene rings is 1. The fourth-order valence-corrected chi connectivity index (χ4v) is 1.71. The maximum absolute atomic E-state index is 5.89. The molecule has 1 heterocycles. The first-order chi connectivity index (χ1) is 9.58. The lowest BCUT2D eigenvalue weighted by atomic mass is 10.2. The van der Waals surface area contributed by atoms with E-state index in [0.717, 1.165) is 12.1 Å². The molecule has 2 aromatic rings. The van der Waals surface area contributed by atoms with Crippen LogP contribution in [0.4, 0.5) is 5.95 Å². The Morgan fingerprint density at radius 3 is 2.45 bits per heavy atom. The maximum Gasteiger partial charge on any atom is 0.322 e.